The highest BCUT2D eigenvalue weighted by molar-refractivity contribution is 6.27. The van der Waals surface area contributed by atoms with E-state index >= 15 is 0 Å². The second kappa shape index (κ2) is 14.2. The number of nitrogens with zero attached hydrogens (tertiary/aromatic N) is 3. The van der Waals surface area contributed by atoms with Gasteiger partial charge in [0.05, 0.1) is 33.4 Å². The Morgan fingerprint density at radius 1 is 0.327 bits per heavy atom. The summed E-state index contributed by atoms with van der Waals surface area (Å²) in [5.41, 5.74) is 8.06. The summed E-state index contributed by atoms with van der Waals surface area (Å²) >= 11 is 0. The Morgan fingerprint density at radius 3 is 1.64 bits per heavy atom. The molecule has 0 aliphatic heterocycles. The minimum Gasteiger partial charge on any atom is -0.309 e. The minimum absolute atomic E-state index is 1.09. The van der Waals surface area contributed by atoms with Gasteiger partial charge in [-0.2, -0.15) is 0 Å². The van der Waals surface area contributed by atoms with Crippen molar-refractivity contribution in [3.8, 4) is 5.69 Å². The molecule has 0 aliphatic rings. The molecule has 0 spiro atoms. The van der Waals surface area contributed by atoms with Gasteiger partial charge in [-0.1, -0.05) is 155 Å². The summed E-state index contributed by atoms with van der Waals surface area (Å²) in [5, 5.41) is 15.0. The van der Waals surface area contributed by atoms with Gasteiger partial charge in [-0.15, -0.1) is 0 Å². The maximum atomic E-state index is 2.42. The molecule has 3 nitrogen and oxygen atoms in total. The molecular weight excluding hydrogens is 667 g/mol. The zero-order chi connectivity index (χ0) is 37.5. The van der Waals surface area contributed by atoms with Gasteiger partial charge in [-0.05, 0) is 93.0 Å². The van der Waals surface area contributed by atoms with Crippen LogP contribution in [0.4, 0.5) is 11.4 Å². The van der Waals surface area contributed by atoms with Crippen molar-refractivity contribution in [3.05, 3.63) is 188 Å². The predicted molar refractivity (Wildman–Crippen MR) is 239 cm³/mol. The normalized spacial score (nSPS) is 11.3. The van der Waals surface area contributed by atoms with Crippen LogP contribution >= 0.6 is 0 Å². The maximum absolute atomic E-state index is 2.42. The van der Waals surface area contributed by atoms with Gasteiger partial charge in [-0.3, -0.25) is 0 Å². The molecule has 0 bridgehead atoms. The SMILES string of the molecule is CC.CC.c1ccc(N(c2ccc3c(c2)c2ccccc2n3-c2ccccc2)n2c3ccccc3c3c4ccc5c6ccccc6ccc5c4ccc32)cc1. The summed E-state index contributed by atoms with van der Waals surface area (Å²) in [6.45, 7) is 8.00. The molecule has 55 heavy (non-hydrogen) atoms. The van der Waals surface area contributed by atoms with Crippen LogP contribution in [0.3, 0.4) is 0 Å². The van der Waals surface area contributed by atoms with E-state index in [2.05, 4.69) is 202 Å². The van der Waals surface area contributed by atoms with Gasteiger partial charge in [-0.25, -0.2) is 9.69 Å². The van der Waals surface area contributed by atoms with E-state index in [1.165, 1.54) is 70.4 Å². The highest BCUT2D eigenvalue weighted by Gasteiger charge is 2.22. The van der Waals surface area contributed by atoms with Crippen molar-refractivity contribution in [1.82, 2.24) is 9.24 Å². The van der Waals surface area contributed by atoms with Crippen LogP contribution < -0.4 is 5.01 Å². The lowest BCUT2D eigenvalue weighted by Crippen LogP contribution is -2.23. The zero-order valence-corrected chi connectivity index (χ0v) is 31.7. The van der Waals surface area contributed by atoms with Gasteiger partial charge >= 0.3 is 0 Å². The van der Waals surface area contributed by atoms with E-state index in [9.17, 15) is 0 Å². The molecular formula is C52H43N3. The topological polar surface area (TPSA) is 13.1 Å². The Bertz CT molecular complexity index is 3130. The second-order valence-electron chi connectivity index (χ2n) is 13.4. The van der Waals surface area contributed by atoms with Gasteiger partial charge in [0, 0.05) is 27.2 Å². The monoisotopic (exact) mass is 709 g/mol. The molecule has 0 saturated heterocycles. The third kappa shape index (κ3) is 5.34. The molecule has 0 saturated carbocycles. The van der Waals surface area contributed by atoms with E-state index < -0.39 is 0 Å². The Labute approximate surface area is 321 Å². The number of benzene rings is 9. The standard InChI is InChI=1S/C48H31N3.2C2H6/c1-3-14-33(15-4-1)49-44-21-11-9-19-40(44)43-31-35(24-29-45(43)49)50(34-16-5-2-6-17-34)51-46-22-12-10-20-42(46)48-41-27-26-37-36-18-8-7-13-32(36)23-25-38(37)39(41)28-30-47(48)51;2*1-2/h1-31H;2*1-2H3. The lowest BCUT2D eigenvalue weighted by atomic mass is 9.95. The third-order valence-electron chi connectivity index (χ3n) is 10.6. The van der Waals surface area contributed by atoms with Crippen LogP contribution in [0.5, 0.6) is 0 Å². The average Bonchev–Trinajstić information content (AvgIpc) is 3.78. The molecule has 0 unspecified atom stereocenters. The second-order valence-corrected chi connectivity index (χ2v) is 13.4. The van der Waals surface area contributed by atoms with E-state index in [0.29, 0.717) is 0 Å². The number of hydrogen-bond donors (Lipinski definition) is 0. The van der Waals surface area contributed by atoms with Crippen LogP contribution in [0, 0.1) is 0 Å². The van der Waals surface area contributed by atoms with E-state index in [1.807, 2.05) is 27.7 Å². The molecule has 0 aliphatic carbocycles. The van der Waals surface area contributed by atoms with Crippen LogP contribution in [0.2, 0.25) is 0 Å². The van der Waals surface area contributed by atoms with Gasteiger partial charge in [0.1, 0.15) is 0 Å². The average molecular weight is 710 g/mol. The first-order valence-corrected chi connectivity index (χ1v) is 19.5. The fourth-order valence-electron chi connectivity index (χ4n) is 8.46. The molecule has 3 heteroatoms. The molecule has 0 fully saturated rings. The molecule has 0 radical (unpaired) electrons. The molecule has 11 rings (SSSR count). The fraction of sp³-hybridized carbons (Fsp3) is 0.0769. The highest BCUT2D eigenvalue weighted by Crippen LogP contribution is 2.43. The van der Waals surface area contributed by atoms with Gasteiger partial charge in [0.15, 0.2) is 0 Å². The Morgan fingerprint density at radius 2 is 0.855 bits per heavy atom. The van der Waals surface area contributed by atoms with Crippen LogP contribution in [0.25, 0.3) is 81.6 Å². The molecule has 0 N–H and O–H groups in total. The number of anilines is 2. The van der Waals surface area contributed by atoms with Crippen molar-refractivity contribution in [2.45, 2.75) is 27.7 Å². The fourth-order valence-corrected chi connectivity index (χ4v) is 8.46. The molecule has 9 aromatic carbocycles. The first-order valence-electron chi connectivity index (χ1n) is 19.5. The van der Waals surface area contributed by atoms with Crippen LogP contribution in [-0.4, -0.2) is 9.24 Å². The van der Waals surface area contributed by atoms with Crippen LogP contribution in [-0.2, 0) is 0 Å². The Balaban J connectivity index is 0.000000963. The van der Waals surface area contributed by atoms with E-state index in [-0.39, 0.29) is 0 Å². The van der Waals surface area contributed by atoms with Crippen molar-refractivity contribution >= 4 is 87.3 Å². The Kier molecular flexibility index (Phi) is 8.76. The van der Waals surface area contributed by atoms with E-state index in [0.717, 1.165) is 22.6 Å². The maximum Gasteiger partial charge on any atom is 0.0722 e. The first kappa shape index (κ1) is 34.0. The van der Waals surface area contributed by atoms with Crippen molar-refractivity contribution in [1.29, 1.82) is 0 Å². The van der Waals surface area contributed by atoms with Gasteiger partial charge < -0.3 is 4.57 Å². The molecule has 2 aromatic heterocycles. The number of rotatable bonds is 4. The van der Waals surface area contributed by atoms with Crippen molar-refractivity contribution < 1.29 is 0 Å². The van der Waals surface area contributed by atoms with E-state index in [1.54, 1.807) is 0 Å². The van der Waals surface area contributed by atoms with E-state index in [4.69, 9.17) is 0 Å². The zero-order valence-electron chi connectivity index (χ0n) is 31.7. The number of fused-ring (bicyclic) bond motifs is 12. The smallest absolute Gasteiger partial charge is 0.0722 e. The summed E-state index contributed by atoms with van der Waals surface area (Å²) in [7, 11) is 0. The largest absolute Gasteiger partial charge is 0.309 e. The lowest BCUT2D eigenvalue weighted by Gasteiger charge is -2.28. The number of hydrogen-bond acceptors (Lipinski definition) is 1. The molecule has 11 aromatic rings. The van der Waals surface area contributed by atoms with Crippen molar-refractivity contribution in [2.75, 3.05) is 5.01 Å². The summed E-state index contributed by atoms with van der Waals surface area (Å²) in [6, 6.07) is 68.5. The quantitative estimate of drug-likeness (QED) is 0.166. The lowest BCUT2D eigenvalue weighted by molar-refractivity contribution is 0.887. The Hall–Kier alpha value is -6.84. The summed E-state index contributed by atoms with van der Waals surface area (Å²) in [5.74, 6) is 0. The number of aromatic nitrogens is 2. The van der Waals surface area contributed by atoms with Gasteiger partial charge in [0.25, 0.3) is 0 Å². The minimum atomic E-state index is 1.09. The first-order chi connectivity index (χ1) is 27.3. The van der Waals surface area contributed by atoms with Crippen molar-refractivity contribution in [3.63, 3.8) is 0 Å². The van der Waals surface area contributed by atoms with Crippen molar-refractivity contribution in [2.24, 2.45) is 0 Å². The summed E-state index contributed by atoms with van der Waals surface area (Å²) in [6.07, 6.45) is 0. The summed E-state index contributed by atoms with van der Waals surface area (Å²) in [4.78, 5) is 0. The molecule has 266 valence electrons. The van der Waals surface area contributed by atoms with Crippen LogP contribution in [0.1, 0.15) is 27.7 Å². The predicted octanol–water partition coefficient (Wildman–Crippen LogP) is 15.0. The summed E-state index contributed by atoms with van der Waals surface area (Å²) < 4.78 is 4.79. The van der Waals surface area contributed by atoms with Gasteiger partial charge in [0.2, 0.25) is 0 Å². The molecule has 2 heterocycles. The molecule has 0 atom stereocenters. The number of para-hydroxylation sites is 4. The highest BCUT2D eigenvalue weighted by atomic mass is 15.6. The molecule has 0 amide bonds. The third-order valence-corrected chi connectivity index (χ3v) is 10.6. The van der Waals surface area contributed by atoms with Crippen LogP contribution in [0.15, 0.2) is 188 Å².